The predicted molar refractivity (Wildman–Crippen MR) is 103 cm³/mol. The Morgan fingerprint density at radius 3 is 2.42 bits per heavy atom. The molecule has 2 rings (SSSR count). The highest BCUT2D eigenvalue weighted by molar-refractivity contribution is 7.89. The van der Waals surface area contributed by atoms with Gasteiger partial charge in [-0.3, -0.25) is 0 Å². The van der Waals surface area contributed by atoms with Crippen molar-refractivity contribution in [1.82, 2.24) is 4.72 Å². The summed E-state index contributed by atoms with van der Waals surface area (Å²) in [6.45, 7) is 8.38. The largest absolute Gasteiger partial charge is 0.496 e. The Morgan fingerprint density at radius 1 is 1.12 bits per heavy atom. The van der Waals surface area contributed by atoms with Crippen LogP contribution in [-0.2, 0) is 16.6 Å². The molecule has 0 aliphatic carbocycles. The highest BCUT2D eigenvalue weighted by Gasteiger charge is 2.21. The normalized spacial score (nSPS) is 11.6. The van der Waals surface area contributed by atoms with Gasteiger partial charge in [0.25, 0.3) is 0 Å². The van der Waals surface area contributed by atoms with Crippen molar-refractivity contribution < 1.29 is 17.9 Å². The number of aryl methyl sites for hydroxylation is 1. The first-order chi connectivity index (χ1) is 12.3. The summed E-state index contributed by atoms with van der Waals surface area (Å²) in [5.41, 5.74) is 2.32. The quantitative estimate of drug-likeness (QED) is 0.755. The van der Waals surface area contributed by atoms with Gasteiger partial charge in [0.15, 0.2) is 0 Å². The van der Waals surface area contributed by atoms with Crippen LogP contribution < -0.4 is 14.2 Å². The molecular weight excluding hydrogens is 350 g/mol. The van der Waals surface area contributed by atoms with Crippen molar-refractivity contribution in [3.63, 3.8) is 0 Å². The van der Waals surface area contributed by atoms with Crippen LogP contribution in [0.5, 0.6) is 11.5 Å². The SMILES string of the molecule is CCOc1ccccc1CNS(=O)(=O)c1cc(C(C)C)c(OC)cc1C. The van der Waals surface area contributed by atoms with Crippen LogP contribution in [0.4, 0.5) is 0 Å². The summed E-state index contributed by atoms with van der Waals surface area (Å²) in [5.74, 6) is 1.54. The molecule has 0 amide bonds. The van der Waals surface area contributed by atoms with E-state index in [1.54, 1.807) is 26.2 Å². The lowest BCUT2D eigenvalue weighted by Crippen LogP contribution is -2.24. The van der Waals surface area contributed by atoms with E-state index in [1.807, 2.05) is 45.0 Å². The smallest absolute Gasteiger partial charge is 0.241 e. The van der Waals surface area contributed by atoms with E-state index in [0.717, 1.165) is 11.1 Å². The zero-order valence-electron chi connectivity index (χ0n) is 16.0. The maximum absolute atomic E-state index is 12.9. The molecule has 0 bridgehead atoms. The summed E-state index contributed by atoms with van der Waals surface area (Å²) < 4.78 is 39.4. The van der Waals surface area contributed by atoms with Gasteiger partial charge in [0.2, 0.25) is 10.0 Å². The van der Waals surface area contributed by atoms with Gasteiger partial charge in [0.1, 0.15) is 11.5 Å². The maximum atomic E-state index is 12.9. The Balaban J connectivity index is 2.32. The Bertz CT molecular complexity index is 860. The second-order valence-corrected chi connectivity index (χ2v) is 8.12. The standard InChI is InChI=1S/C20H27NO4S/c1-6-25-18-10-8-7-9-16(18)13-21-26(22,23)20-12-17(14(2)3)19(24-5)11-15(20)4/h7-12,14,21H,6,13H2,1-5H3. The number of hydrogen-bond donors (Lipinski definition) is 1. The van der Waals surface area contributed by atoms with Gasteiger partial charge in [0.05, 0.1) is 18.6 Å². The topological polar surface area (TPSA) is 64.6 Å². The van der Waals surface area contributed by atoms with Crippen molar-refractivity contribution in [3.8, 4) is 11.5 Å². The molecule has 0 aromatic heterocycles. The molecule has 0 heterocycles. The van der Waals surface area contributed by atoms with E-state index in [0.29, 0.717) is 23.7 Å². The monoisotopic (exact) mass is 377 g/mol. The van der Waals surface area contributed by atoms with E-state index in [2.05, 4.69) is 4.72 Å². The summed E-state index contributed by atoms with van der Waals surface area (Å²) in [4.78, 5) is 0.274. The number of benzene rings is 2. The zero-order valence-corrected chi connectivity index (χ0v) is 16.8. The molecule has 6 heteroatoms. The highest BCUT2D eigenvalue weighted by Crippen LogP contribution is 2.31. The van der Waals surface area contributed by atoms with Gasteiger partial charge in [-0.05, 0) is 49.1 Å². The summed E-state index contributed by atoms with van der Waals surface area (Å²) in [5, 5.41) is 0. The van der Waals surface area contributed by atoms with E-state index in [4.69, 9.17) is 9.47 Å². The third-order valence-corrected chi connectivity index (χ3v) is 5.71. The molecule has 0 unspecified atom stereocenters. The first-order valence-electron chi connectivity index (χ1n) is 8.69. The zero-order chi connectivity index (χ0) is 19.3. The van der Waals surface area contributed by atoms with Crippen LogP contribution in [0.15, 0.2) is 41.3 Å². The molecule has 0 aliphatic rings. The average Bonchev–Trinajstić information content (AvgIpc) is 2.60. The highest BCUT2D eigenvalue weighted by atomic mass is 32.2. The molecule has 0 atom stereocenters. The molecule has 2 aromatic carbocycles. The lowest BCUT2D eigenvalue weighted by molar-refractivity contribution is 0.336. The molecule has 0 saturated heterocycles. The van der Waals surface area contributed by atoms with Crippen molar-refractivity contribution >= 4 is 10.0 Å². The lowest BCUT2D eigenvalue weighted by Gasteiger charge is -2.17. The summed E-state index contributed by atoms with van der Waals surface area (Å²) >= 11 is 0. The van der Waals surface area contributed by atoms with E-state index in [9.17, 15) is 8.42 Å². The first kappa shape index (κ1) is 20.3. The molecule has 0 aliphatic heterocycles. The third-order valence-electron chi connectivity index (χ3n) is 4.16. The second-order valence-electron chi connectivity index (χ2n) is 6.38. The fraction of sp³-hybridized carbons (Fsp3) is 0.400. The van der Waals surface area contributed by atoms with Crippen LogP contribution in [0, 0.1) is 6.92 Å². The van der Waals surface area contributed by atoms with Crippen LogP contribution in [-0.4, -0.2) is 22.1 Å². The Morgan fingerprint density at radius 2 is 1.81 bits per heavy atom. The fourth-order valence-electron chi connectivity index (χ4n) is 2.79. The molecule has 0 saturated carbocycles. The van der Waals surface area contributed by atoms with Gasteiger partial charge in [-0.2, -0.15) is 0 Å². The molecule has 1 N–H and O–H groups in total. The van der Waals surface area contributed by atoms with Crippen LogP contribution in [0.3, 0.4) is 0 Å². The predicted octanol–water partition coefficient (Wildman–Crippen LogP) is 4.00. The minimum Gasteiger partial charge on any atom is -0.496 e. The Labute approximate surface area is 156 Å². The van der Waals surface area contributed by atoms with Crippen LogP contribution in [0.25, 0.3) is 0 Å². The molecule has 26 heavy (non-hydrogen) atoms. The van der Waals surface area contributed by atoms with Crippen molar-refractivity contribution in [1.29, 1.82) is 0 Å². The summed E-state index contributed by atoms with van der Waals surface area (Å²) in [7, 11) is -2.07. The molecule has 2 aromatic rings. The number of rotatable bonds is 8. The van der Waals surface area contributed by atoms with Gasteiger partial charge >= 0.3 is 0 Å². The van der Waals surface area contributed by atoms with Crippen molar-refractivity contribution in [2.45, 2.75) is 45.1 Å². The Kier molecular flexibility index (Phi) is 6.67. The van der Waals surface area contributed by atoms with E-state index < -0.39 is 10.0 Å². The molecule has 0 radical (unpaired) electrons. The third kappa shape index (κ3) is 4.56. The fourth-order valence-corrected chi connectivity index (χ4v) is 4.06. The van der Waals surface area contributed by atoms with Crippen molar-refractivity contribution in [2.24, 2.45) is 0 Å². The molecule has 142 valence electrons. The lowest BCUT2D eigenvalue weighted by atomic mass is 10.0. The van der Waals surface area contributed by atoms with E-state index in [1.165, 1.54) is 0 Å². The summed E-state index contributed by atoms with van der Waals surface area (Å²) in [6, 6.07) is 10.9. The van der Waals surface area contributed by atoms with E-state index in [-0.39, 0.29) is 17.4 Å². The number of hydrogen-bond acceptors (Lipinski definition) is 4. The van der Waals surface area contributed by atoms with Crippen molar-refractivity contribution in [3.05, 3.63) is 53.1 Å². The van der Waals surface area contributed by atoms with Gasteiger partial charge in [-0.25, -0.2) is 13.1 Å². The minimum atomic E-state index is -3.66. The first-order valence-corrected chi connectivity index (χ1v) is 10.2. The second kappa shape index (κ2) is 8.56. The number of nitrogens with one attached hydrogen (secondary N) is 1. The van der Waals surface area contributed by atoms with Gasteiger partial charge < -0.3 is 9.47 Å². The van der Waals surface area contributed by atoms with Crippen LogP contribution in [0.2, 0.25) is 0 Å². The number of sulfonamides is 1. The molecule has 0 fully saturated rings. The number of para-hydroxylation sites is 1. The number of methoxy groups -OCH3 is 1. The summed E-state index contributed by atoms with van der Waals surface area (Å²) in [6.07, 6.45) is 0. The van der Waals surface area contributed by atoms with E-state index >= 15 is 0 Å². The molecule has 5 nitrogen and oxygen atoms in total. The van der Waals surface area contributed by atoms with Gasteiger partial charge in [-0.1, -0.05) is 32.0 Å². The maximum Gasteiger partial charge on any atom is 0.241 e. The minimum absolute atomic E-state index is 0.151. The average molecular weight is 378 g/mol. The molecular formula is C20H27NO4S. The Hall–Kier alpha value is -2.05. The van der Waals surface area contributed by atoms with Crippen LogP contribution >= 0.6 is 0 Å². The van der Waals surface area contributed by atoms with Crippen molar-refractivity contribution in [2.75, 3.05) is 13.7 Å². The molecule has 0 spiro atoms. The van der Waals surface area contributed by atoms with Gasteiger partial charge in [0, 0.05) is 12.1 Å². The van der Waals surface area contributed by atoms with Gasteiger partial charge in [-0.15, -0.1) is 0 Å². The van der Waals surface area contributed by atoms with Crippen LogP contribution in [0.1, 0.15) is 43.4 Å². The number of ether oxygens (including phenoxy) is 2.